The van der Waals surface area contributed by atoms with Gasteiger partial charge in [0.2, 0.25) is 0 Å². The maximum Gasteiger partial charge on any atom is 0.252 e. The van der Waals surface area contributed by atoms with E-state index in [-0.39, 0.29) is 0 Å². The fourth-order valence-corrected chi connectivity index (χ4v) is 5.95. The van der Waals surface area contributed by atoms with Crippen LogP contribution in [-0.4, -0.2) is 72.0 Å². The zero-order valence-corrected chi connectivity index (χ0v) is 19.5. The fourth-order valence-electron chi connectivity index (χ4n) is 3.26. The molecule has 4 rings (SSSR count). The summed E-state index contributed by atoms with van der Waals surface area (Å²) < 4.78 is 27.6. The molecule has 3 heterocycles. The predicted molar refractivity (Wildman–Crippen MR) is 124 cm³/mol. The van der Waals surface area contributed by atoms with E-state index < -0.39 is 10.0 Å². The number of aryl methyl sites for hydroxylation is 1. The molecule has 0 saturated carbocycles. The smallest absolute Gasteiger partial charge is 0.252 e. The number of aromatic amines is 1. The van der Waals surface area contributed by atoms with Crippen LogP contribution in [0.1, 0.15) is 5.69 Å². The number of fused-ring (bicyclic) bond motifs is 1. The minimum absolute atomic E-state index is 0.303. The molecule has 8 nitrogen and oxygen atoms in total. The Bertz CT molecular complexity index is 1330. The summed E-state index contributed by atoms with van der Waals surface area (Å²) in [6.07, 6.45) is 3.30. The van der Waals surface area contributed by atoms with Crippen molar-refractivity contribution in [2.24, 2.45) is 0 Å². The summed E-state index contributed by atoms with van der Waals surface area (Å²) in [5, 5.41) is 7.93. The van der Waals surface area contributed by atoms with Gasteiger partial charge in [-0.15, -0.1) is 11.3 Å². The van der Waals surface area contributed by atoms with Gasteiger partial charge in [0, 0.05) is 36.8 Å². The molecule has 0 atom stereocenters. The summed E-state index contributed by atoms with van der Waals surface area (Å²) >= 11 is 1.22. The molecule has 0 bridgehead atoms. The van der Waals surface area contributed by atoms with Gasteiger partial charge in [-0.3, -0.25) is 5.10 Å². The number of H-pyrrole nitrogens is 1. The summed E-state index contributed by atoms with van der Waals surface area (Å²) in [5.74, 6) is 0. The number of likely N-dealkylation sites (N-methyl/N-ethyl adjacent to an activating group) is 2. The van der Waals surface area contributed by atoms with Crippen LogP contribution in [0.4, 0.5) is 0 Å². The second-order valence-electron chi connectivity index (χ2n) is 7.61. The highest BCUT2D eigenvalue weighted by Gasteiger charge is 2.23. The van der Waals surface area contributed by atoms with Crippen molar-refractivity contribution in [3.05, 3.63) is 48.5 Å². The van der Waals surface area contributed by atoms with Crippen LogP contribution in [0, 0.1) is 6.92 Å². The third-order valence-corrected chi connectivity index (χ3v) is 8.53. The third kappa shape index (κ3) is 4.24. The predicted octanol–water partition coefficient (Wildman–Crippen LogP) is 3.24. The zero-order valence-electron chi connectivity index (χ0n) is 17.8. The van der Waals surface area contributed by atoms with E-state index in [1.165, 1.54) is 22.0 Å². The van der Waals surface area contributed by atoms with Crippen molar-refractivity contribution in [1.82, 2.24) is 29.4 Å². The molecule has 0 aliphatic heterocycles. The molecule has 0 amide bonds. The van der Waals surface area contributed by atoms with Crippen LogP contribution in [0.3, 0.4) is 0 Å². The summed E-state index contributed by atoms with van der Waals surface area (Å²) in [7, 11) is 1.89. The second-order valence-corrected chi connectivity index (χ2v) is 11.0. The molecule has 0 radical (unpaired) electrons. The lowest BCUT2D eigenvalue weighted by Gasteiger charge is -2.18. The molecule has 1 N–H and O–H groups in total. The standard InChI is InChI=1S/C21H24N6O2S2/c1-14-17(12-24-25-14)15-5-6-18-16(11-15)21(23-13-22-18)19-7-8-20(30-19)31(28,29)27(4)10-9-26(2)3/h5-8,11-13H,9-10H2,1-4H3,(H,24,25). The van der Waals surface area contributed by atoms with Gasteiger partial charge in [0.15, 0.2) is 0 Å². The van der Waals surface area contributed by atoms with Gasteiger partial charge in [0.1, 0.15) is 10.5 Å². The molecular formula is C21H24N6O2S2. The molecule has 3 aromatic heterocycles. The van der Waals surface area contributed by atoms with Crippen LogP contribution in [0.5, 0.6) is 0 Å². The van der Waals surface area contributed by atoms with Crippen molar-refractivity contribution in [3.63, 3.8) is 0 Å². The van der Waals surface area contributed by atoms with Crippen molar-refractivity contribution in [2.75, 3.05) is 34.2 Å². The highest BCUT2D eigenvalue weighted by molar-refractivity contribution is 7.91. The highest BCUT2D eigenvalue weighted by Crippen LogP contribution is 2.35. The molecule has 0 aliphatic carbocycles. The van der Waals surface area contributed by atoms with Gasteiger partial charge in [-0.1, -0.05) is 6.07 Å². The van der Waals surface area contributed by atoms with Crippen molar-refractivity contribution < 1.29 is 8.42 Å². The van der Waals surface area contributed by atoms with Gasteiger partial charge < -0.3 is 4.90 Å². The first-order chi connectivity index (χ1) is 14.8. The lowest BCUT2D eigenvalue weighted by atomic mass is 10.0. The Morgan fingerprint density at radius 2 is 1.87 bits per heavy atom. The van der Waals surface area contributed by atoms with Crippen molar-refractivity contribution in [1.29, 1.82) is 0 Å². The first-order valence-electron chi connectivity index (χ1n) is 9.74. The number of aromatic nitrogens is 4. The second kappa shape index (κ2) is 8.46. The van der Waals surface area contributed by atoms with E-state index in [1.54, 1.807) is 19.3 Å². The third-order valence-electron chi connectivity index (χ3n) is 5.12. The van der Waals surface area contributed by atoms with Crippen molar-refractivity contribution >= 4 is 32.3 Å². The molecule has 0 spiro atoms. The average molecular weight is 457 g/mol. The monoisotopic (exact) mass is 456 g/mol. The minimum Gasteiger partial charge on any atom is -0.308 e. The zero-order chi connectivity index (χ0) is 22.2. The molecular weight excluding hydrogens is 432 g/mol. The van der Waals surface area contributed by atoms with E-state index in [4.69, 9.17) is 0 Å². The van der Waals surface area contributed by atoms with Gasteiger partial charge in [-0.05, 0) is 50.8 Å². The normalized spacial score (nSPS) is 12.3. The number of nitrogens with one attached hydrogen (secondary N) is 1. The fraction of sp³-hybridized carbons (Fsp3) is 0.286. The summed E-state index contributed by atoms with van der Waals surface area (Å²) in [4.78, 5) is 11.6. The van der Waals surface area contributed by atoms with E-state index in [2.05, 4.69) is 20.2 Å². The summed E-state index contributed by atoms with van der Waals surface area (Å²) in [5.41, 5.74) is 4.51. The van der Waals surface area contributed by atoms with E-state index in [0.717, 1.165) is 38.3 Å². The largest absolute Gasteiger partial charge is 0.308 e. The van der Waals surface area contributed by atoms with Crippen LogP contribution in [0.2, 0.25) is 0 Å². The first-order valence-corrected chi connectivity index (χ1v) is 12.0. The Morgan fingerprint density at radius 1 is 1.06 bits per heavy atom. The number of hydrogen-bond donors (Lipinski definition) is 1. The van der Waals surface area contributed by atoms with Gasteiger partial charge >= 0.3 is 0 Å². The van der Waals surface area contributed by atoms with Crippen LogP contribution >= 0.6 is 11.3 Å². The van der Waals surface area contributed by atoms with Crippen LogP contribution in [0.15, 0.2) is 47.1 Å². The lowest BCUT2D eigenvalue weighted by molar-refractivity contribution is 0.359. The van der Waals surface area contributed by atoms with E-state index >= 15 is 0 Å². The average Bonchev–Trinajstić information content (AvgIpc) is 3.40. The van der Waals surface area contributed by atoms with E-state index in [1.807, 2.05) is 50.2 Å². The van der Waals surface area contributed by atoms with Gasteiger partial charge in [0.25, 0.3) is 10.0 Å². The van der Waals surface area contributed by atoms with E-state index in [0.29, 0.717) is 17.3 Å². The summed E-state index contributed by atoms with van der Waals surface area (Å²) in [6.45, 7) is 3.05. The number of thiophene rings is 1. The lowest BCUT2D eigenvalue weighted by Crippen LogP contribution is -2.33. The number of rotatable bonds is 7. The Kier molecular flexibility index (Phi) is 5.89. The Balaban J connectivity index is 1.73. The van der Waals surface area contributed by atoms with Crippen LogP contribution < -0.4 is 0 Å². The quantitative estimate of drug-likeness (QED) is 0.459. The molecule has 10 heteroatoms. The molecule has 1 aromatic carbocycles. The topological polar surface area (TPSA) is 95.1 Å². The molecule has 31 heavy (non-hydrogen) atoms. The number of benzene rings is 1. The molecule has 0 aliphatic rings. The van der Waals surface area contributed by atoms with Crippen LogP contribution in [-0.2, 0) is 10.0 Å². The van der Waals surface area contributed by atoms with Gasteiger partial charge in [-0.25, -0.2) is 18.4 Å². The molecule has 0 fully saturated rings. The Morgan fingerprint density at radius 3 is 2.58 bits per heavy atom. The number of nitrogens with zero attached hydrogens (tertiary/aromatic N) is 5. The number of sulfonamides is 1. The van der Waals surface area contributed by atoms with Gasteiger partial charge in [-0.2, -0.15) is 9.40 Å². The molecule has 0 unspecified atom stereocenters. The number of hydrogen-bond acceptors (Lipinski definition) is 7. The van der Waals surface area contributed by atoms with Crippen molar-refractivity contribution in [2.45, 2.75) is 11.1 Å². The Labute approximate surface area is 185 Å². The maximum absolute atomic E-state index is 13.0. The van der Waals surface area contributed by atoms with E-state index in [9.17, 15) is 8.42 Å². The summed E-state index contributed by atoms with van der Waals surface area (Å²) in [6, 6.07) is 9.44. The first kappa shape index (κ1) is 21.6. The van der Waals surface area contributed by atoms with Crippen molar-refractivity contribution in [3.8, 4) is 21.7 Å². The highest BCUT2D eigenvalue weighted by atomic mass is 32.2. The van der Waals surface area contributed by atoms with Crippen LogP contribution in [0.25, 0.3) is 32.6 Å². The SMILES string of the molecule is Cc1[nH]ncc1-c1ccc2ncnc(-c3ccc(S(=O)(=O)N(C)CCN(C)C)s3)c2c1. The molecule has 0 saturated heterocycles. The maximum atomic E-state index is 13.0. The Hall–Kier alpha value is -2.66. The van der Waals surface area contributed by atoms with Gasteiger partial charge in [0.05, 0.1) is 22.3 Å². The molecule has 4 aromatic rings. The molecule has 162 valence electrons. The minimum atomic E-state index is -3.55.